The third-order valence-electron chi connectivity index (χ3n) is 2.52. The molecule has 0 saturated carbocycles. The lowest BCUT2D eigenvalue weighted by molar-refractivity contribution is -0.384. The number of non-ortho nitro benzene ring substituents is 1. The minimum absolute atomic E-state index is 0.0426. The van der Waals surface area contributed by atoms with E-state index in [-0.39, 0.29) is 11.3 Å². The van der Waals surface area contributed by atoms with E-state index in [0.717, 1.165) is 12.1 Å². The number of hydrogen-bond donors (Lipinski definition) is 0. The van der Waals surface area contributed by atoms with Crippen molar-refractivity contribution in [3.05, 3.63) is 39.2 Å². The average Bonchev–Trinajstić information content (AvgIpc) is 2.37. The van der Waals surface area contributed by atoms with Gasteiger partial charge in [-0.2, -0.15) is 5.26 Å². The minimum Gasteiger partial charge on any atom is -0.591 e. The predicted molar refractivity (Wildman–Crippen MR) is 77.9 cm³/mol. The average molecular weight is 311 g/mol. The minimum atomic E-state index is -1.63. The summed E-state index contributed by atoms with van der Waals surface area (Å²) < 4.78 is 29.3. The topological polar surface area (TPSA) is 102 Å². The number of rotatable bonds is 3. The van der Waals surface area contributed by atoms with Crippen LogP contribution in [0.4, 0.5) is 10.1 Å². The SMILES string of the molecule is CC(=N[S@+]([O-])C(C)(C)C)c1cc([N+](=O)[O-])cc(C#N)c1F. The first-order valence-electron chi connectivity index (χ1n) is 5.93. The summed E-state index contributed by atoms with van der Waals surface area (Å²) in [5.41, 5.74) is -1.02. The third-order valence-corrected chi connectivity index (χ3v) is 4.01. The lowest BCUT2D eigenvalue weighted by Gasteiger charge is -2.18. The molecule has 1 aromatic rings. The van der Waals surface area contributed by atoms with Gasteiger partial charge in [0.1, 0.15) is 22.2 Å². The molecule has 1 rings (SSSR count). The van der Waals surface area contributed by atoms with E-state index >= 15 is 0 Å². The second kappa shape index (κ2) is 6.20. The van der Waals surface area contributed by atoms with Crippen LogP contribution in [0.2, 0.25) is 0 Å². The van der Waals surface area contributed by atoms with Crippen LogP contribution < -0.4 is 0 Å². The van der Waals surface area contributed by atoms with E-state index in [0.29, 0.717) is 0 Å². The number of nitro groups is 1. The number of nitrogens with zero attached hydrogens (tertiary/aromatic N) is 3. The van der Waals surface area contributed by atoms with E-state index in [2.05, 4.69) is 4.40 Å². The van der Waals surface area contributed by atoms with E-state index in [4.69, 9.17) is 5.26 Å². The fourth-order valence-electron chi connectivity index (χ4n) is 1.37. The summed E-state index contributed by atoms with van der Waals surface area (Å²) in [6.45, 7) is 6.49. The maximum Gasteiger partial charge on any atom is 0.271 e. The summed E-state index contributed by atoms with van der Waals surface area (Å²) >= 11 is -1.63. The van der Waals surface area contributed by atoms with Gasteiger partial charge in [0.15, 0.2) is 5.82 Å². The van der Waals surface area contributed by atoms with E-state index in [1.54, 1.807) is 26.8 Å². The molecule has 0 aliphatic rings. The molecule has 0 aliphatic carbocycles. The normalized spacial score (nSPS) is 13.7. The van der Waals surface area contributed by atoms with Gasteiger partial charge in [0.25, 0.3) is 5.69 Å². The first-order chi connectivity index (χ1) is 9.57. The highest BCUT2D eigenvalue weighted by Crippen LogP contribution is 2.24. The molecule has 0 bridgehead atoms. The Kier molecular flexibility index (Phi) is 5.04. The van der Waals surface area contributed by atoms with Crippen LogP contribution in [0.3, 0.4) is 0 Å². The molecule has 112 valence electrons. The second-order valence-corrected chi connectivity index (χ2v) is 7.17. The van der Waals surface area contributed by atoms with Crippen molar-refractivity contribution < 1.29 is 13.9 Å². The Morgan fingerprint density at radius 3 is 2.48 bits per heavy atom. The van der Waals surface area contributed by atoms with E-state index in [9.17, 15) is 19.1 Å². The Balaban J connectivity index is 3.42. The van der Waals surface area contributed by atoms with Crippen LogP contribution in [0.25, 0.3) is 0 Å². The number of hydrogen-bond acceptors (Lipinski definition) is 5. The zero-order valence-corrected chi connectivity index (χ0v) is 12.8. The van der Waals surface area contributed by atoms with Crippen LogP contribution in [0.5, 0.6) is 0 Å². The fourth-order valence-corrected chi connectivity index (χ4v) is 1.99. The highest BCUT2D eigenvalue weighted by atomic mass is 32.2. The fraction of sp³-hybridized carbons (Fsp3) is 0.385. The smallest absolute Gasteiger partial charge is 0.271 e. The Bertz CT molecular complexity index is 647. The zero-order valence-electron chi connectivity index (χ0n) is 12.0. The summed E-state index contributed by atoms with van der Waals surface area (Å²) in [7, 11) is 0. The molecule has 0 heterocycles. The van der Waals surface area contributed by atoms with Crippen molar-refractivity contribution in [3.63, 3.8) is 0 Å². The monoisotopic (exact) mass is 311 g/mol. The Labute approximate surface area is 124 Å². The maximum atomic E-state index is 14.1. The zero-order chi connectivity index (χ0) is 16.4. The summed E-state index contributed by atoms with van der Waals surface area (Å²) in [6.07, 6.45) is 0. The van der Waals surface area contributed by atoms with Gasteiger partial charge in [0, 0.05) is 17.7 Å². The highest BCUT2D eigenvalue weighted by Gasteiger charge is 2.28. The van der Waals surface area contributed by atoms with Crippen LogP contribution in [0.1, 0.15) is 38.8 Å². The van der Waals surface area contributed by atoms with Gasteiger partial charge in [0.05, 0.1) is 16.2 Å². The number of benzene rings is 1. The standard InChI is InChI=1S/C13H14FN3O3S/c1-8(16-21(20)13(2,3)4)11-6-10(17(18)19)5-9(7-15)12(11)14/h5-6H,1-4H3/t21-/m1/s1. The molecule has 0 N–H and O–H groups in total. The molecule has 8 heteroatoms. The lowest BCUT2D eigenvalue weighted by atomic mass is 10.1. The van der Waals surface area contributed by atoms with E-state index in [1.807, 2.05) is 0 Å². The van der Waals surface area contributed by atoms with E-state index in [1.165, 1.54) is 6.92 Å². The molecule has 21 heavy (non-hydrogen) atoms. The Hall–Kier alpha value is -1.98. The largest absolute Gasteiger partial charge is 0.591 e. The second-order valence-electron chi connectivity index (χ2n) is 5.26. The summed E-state index contributed by atoms with van der Waals surface area (Å²) in [4.78, 5) is 10.1. The first kappa shape index (κ1) is 17.1. The first-order valence-corrected chi connectivity index (χ1v) is 7.04. The molecule has 1 atom stereocenters. The number of halogens is 1. The van der Waals surface area contributed by atoms with Crippen LogP contribution in [0, 0.1) is 27.3 Å². The maximum absolute atomic E-state index is 14.1. The van der Waals surface area contributed by atoms with Crippen LogP contribution >= 0.6 is 0 Å². The van der Waals surface area contributed by atoms with Gasteiger partial charge < -0.3 is 4.55 Å². The van der Waals surface area contributed by atoms with Gasteiger partial charge in [0.2, 0.25) is 0 Å². The Morgan fingerprint density at radius 2 is 2.05 bits per heavy atom. The molecule has 6 nitrogen and oxygen atoms in total. The molecule has 0 radical (unpaired) electrons. The summed E-state index contributed by atoms with van der Waals surface area (Å²) in [5, 5.41) is 19.6. The predicted octanol–water partition coefficient (Wildman–Crippen LogP) is 2.88. The third kappa shape index (κ3) is 4.00. The van der Waals surface area contributed by atoms with Crippen molar-refractivity contribution in [2.45, 2.75) is 32.4 Å². The molecular formula is C13H14FN3O3S. The van der Waals surface area contributed by atoms with Gasteiger partial charge in [-0.25, -0.2) is 4.39 Å². The van der Waals surface area contributed by atoms with Crippen LogP contribution in [-0.2, 0) is 11.4 Å². The molecule has 0 unspecified atom stereocenters. The number of nitriles is 1. The summed E-state index contributed by atoms with van der Waals surface area (Å²) in [5.74, 6) is -0.907. The van der Waals surface area contributed by atoms with Gasteiger partial charge in [-0.1, -0.05) is 4.40 Å². The summed E-state index contributed by atoms with van der Waals surface area (Å²) in [6, 6.07) is 3.39. The van der Waals surface area contributed by atoms with Gasteiger partial charge in [-0.15, -0.1) is 0 Å². The molecule has 0 saturated heterocycles. The molecule has 0 aromatic heterocycles. The van der Waals surface area contributed by atoms with Crippen LogP contribution in [-0.4, -0.2) is 19.9 Å². The van der Waals surface area contributed by atoms with Gasteiger partial charge >= 0.3 is 0 Å². The quantitative estimate of drug-likeness (QED) is 0.370. The van der Waals surface area contributed by atoms with Crippen molar-refractivity contribution in [2.75, 3.05) is 0 Å². The van der Waals surface area contributed by atoms with Crippen molar-refractivity contribution in [3.8, 4) is 6.07 Å². The van der Waals surface area contributed by atoms with Crippen LogP contribution in [0.15, 0.2) is 16.5 Å². The van der Waals surface area contributed by atoms with Gasteiger partial charge in [-0.05, 0) is 27.7 Å². The van der Waals surface area contributed by atoms with Crippen molar-refractivity contribution in [2.24, 2.45) is 4.40 Å². The highest BCUT2D eigenvalue weighted by molar-refractivity contribution is 7.91. The molecule has 0 aliphatic heterocycles. The van der Waals surface area contributed by atoms with Crippen molar-refractivity contribution >= 4 is 22.8 Å². The molecule has 0 amide bonds. The van der Waals surface area contributed by atoms with E-state index < -0.39 is 38.1 Å². The molecule has 0 fully saturated rings. The molecule has 1 aromatic carbocycles. The van der Waals surface area contributed by atoms with Crippen molar-refractivity contribution in [1.82, 2.24) is 0 Å². The molecule has 0 spiro atoms. The van der Waals surface area contributed by atoms with Crippen molar-refractivity contribution in [1.29, 1.82) is 5.26 Å². The van der Waals surface area contributed by atoms with Gasteiger partial charge in [-0.3, -0.25) is 10.1 Å². The number of nitro benzene ring substituents is 1. The molecular weight excluding hydrogens is 297 g/mol. The Morgan fingerprint density at radius 1 is 1.48 bits per heavy atom. The lowest BCUT2D eigenvalue weighted by Crippen LogP contribution is -2.26.